The largest absolute Gasteiger partial charge is 0.264 e. The van der Waals surface area contributed by atoms with Crippen molar-refractivity contribution in [2.45, 2.75) is 39.0 Å². The molecule has 0 aliphatic heterocycles. The molecule has 0 N–H and O–H groups in total. The highest BCUT2D eigenvalue weighted by Gasteiger charge is 1.91. The zero-order chi connectivity index (χ0) is 11.6. The molecule has 1 aromatic heterocycles. The second-order valence-electron chi connectivity index (χ2n) is 3.79. The number of nitrogens with zero attached hydrogens (tertiary/aromatic N) is 1. The first-order valence-corrected chi connectivity index (χ1v) is 6.63. The number of aromatic nitrogens is 1. The van der Waals surface area contributed by atoms with Gasteiger partial charge in [0, 0.05) is 22.4 Å². The van der Waals surface area contributed by atoms with Crippen molar-refractivity contribution in [3.05, 3.63) is 40.3 Å². The fraction of sp³-hybridized carbons (Fsp3) is 0.429. The molecule has 2 heteroatoms. The summed E-state index contributed by atoms with van der Waals surface area (Å²) in [6.45, 7) is 2.23. The van der Waals surface area contributed by atoms with Crippen LogP contribution in [0.2, 0.25) is 0 Å². The minimum atomic E-state index is 1.08. The van der Waals surface area contributed by atoms with Gasteiger partial charge in [0.2, 0.25) is 0 Å². The number of unbranched alkanes of at least 4 members (excludes halogenated alkanes) is 3. The molecule has 0 bridgehead atoms. The first-order valence-electron chi connectivity index (χ1n) is 5.84. The summed E-state index contributed by atoms with van der Waals surface area (Å²) in [5.41, 5.74) is 4.33. The van der Waals surface area contributed by atoms with Crippen LogP contribution in [0, 0.1) is 0 Å². The molecule has 0 radical (unpaired) electrons. The quantitative estimate of drug-likeness (QED) is 0.531. The lowest BCUT2D eigenvalue weighted by atomic mass is 10.1. The fourth-order valence-electron chi connectivity index (χ4n) is 1.40. The van der Waals surface area contributed by atoms with E-state index in [1.807, 2.05) is 24.4 Å². The molecule has 0 amide bonds. The maximum absolute atomic E-state index is 4.05. The van der Waals surface area contributed by atoms with Crippen molar-refractivity contribution in [2.75, 3.05) is 0 Å². The minimum Gasteiger partial charge on any atom is -0.264 e. The van der Waals surface area contributed by atoms with Crippen molar-refractivity contribution >= 4 is 22.0 Å². The number of rotatable bonds is 6. The van der Waals surface area contributed by atoms with Gasteiger partial charge in [0.1, 0.15) is 0 Å². The molecule has 0 saturated carbocycles. The summed E-state index contributed by atoms with van der Waals surface area (Å²) in [6.07, 6.45) is 11.8. The third-order valence-corrected chi connectivity index (χ3v) is 2.96. The Morgan fingerprint density at radius 2 is 2.31 bits per heavy atom. The zero-order valence-corrected chi connectivity index (χ0v) is 11.3. The van der Waals surface area contributed by atoms with Crippen LogP contribution in [0.3, 0.4) is 0 Å². The topological polar surface area (TPSA) is 12.9 Å². The van der Waals surface area contributed by atoms with Gasteiger partial charge in [-0.25, -0.2) is 0 Å². The first kappa shape index (κ1) is 13.2. The van der Waals surface area contributed by atoms with Gasteiger partial charge >= 0.3 is 0 Å². The van der Waals surface area contributed by atoms with Gasteiger partial charge in [0.05, 0.1) is 0 Å². The van der Waals surface area contributed by atoms with E-state index >= 15 is 0 Å². The van der Waals surface area contributed by atoms with E-state index in [1.54, 1.807) is 6.20 Å². The zero-order valence-electron chi connectivity index (χ0n) is 9.75. The van der Waals surface area contributed by atoms with Gasteiger partial charge in [-0.2, -0.15) is 0 Å². The fourth-order valence-corrected chi connectivity index (χ4v) is 1.80. The van der Waals surface area contributed by atoms with Crippen LogP contribution in [-0.4, -0.2) is 4.98 Å². The highest BCUT2D eigenvalue weighted by molar-refractivity contribution is 9.11. The summed E-state index contributed by atoms with van der Waals surface area (Å²) in [7, 11) is 0. The van der Waals surface area contributed by atoms with E-state index in [-0.39, 0.29) is 0 Å². The Kier molecular flexibility index (Phi) is 6.87. The van der Waals surface area contributed by atoms with Crippen LogP contribution in [0.15, 0.2) is 34.7 Å². The van der Waals surface area contributed by atoms with Gasteiger partial charge in [-0.3, -0.25) is 4.98 Å². The number of hydrogen-bond donors (Lipinski definition) is 0. The second-order valence-corrected chi connectivity index (χ2v) is 4.75. The molecular formula is C14H18BrN. The van der Waals surface area contributed by atoms with E-state index < -0.39 is 0 Å². The summed E-state index contributed by atoms with van der Waals surface area (Å²) in [4.78, 5) is 4.05. The minimum absolute atomic E-state index is 1.08. The Morgan fingerprint density at radius 1 is 1.44 bits per heavy atom. The Hall–Kier alpha value is -0.850. The van der Waals surface area contributed by atoms with Gasteiger partial charge in [-0.15, -0.1) is 5.73 Å². The summed E-state index contributed by atoms with van der Waals surface area (Å²) in [6, 6.07) is 3.96. The maximum Gasteiger partial charge on any atom is 0.0368 e. The highest BCUT2D eigenvalue weighted by Crippen LogP contribution is 2.15. The molecule has 0 aromatic carbocycles. The molecule has 1 aromatic rings. The van der Waals surface area contributed by atoms with Crippen LogP contribution in [0.4, 0.5) is 0 Å². The third-order valence-electron chi connectivity index (χ3n) is 2.33. The monoisotopic (exact) mass is 279 g/mol. The summed E-state index contributed by atoms with van der Waals surface area (Å²) < 4.78 is 1.15. The van der Waals surface area contributed by atoms with Crippen LogP contribution in [0.25, 0.3) is 6.08 Å². The lowest BCUT2D eigenvalue weighted by molar-refractivity contribution is 0.673. The molecule has 0 saturated heterocycles. The lowest BCUT2D eigenvalue weighted by Crippen LogP contribution is -1.76. The van der Waals surface area contributed by atoms with Crippen LogP contribution in [0.5, 0.6) is 0 Å². The predicted octanol–water partition coefficient (Wildman–Crippen LogP) is 4.94. The van der Waals surface area contributed by atoms with Crippen molar-refractivity contribution in [3.63, 3.8) is 0 Å². The van der Waals surface area contributed by atoms with Crippen LogP contribution in [0.1, 0.15) is 44.6 Å². The number of hydrogen-bond acceptors (Lipinski definition) is 1. The molecular weight excluding hydrogens is 262 g/mol. The van der Waals surface area contributed by atoms with Gasteiger partial charge in [0.25, 0.3) is 0 Å². The molecule has 1 nitrogen and oxygen atoms in total. The van der Waals surface area contributed by atoms with Gasteiger partial charge in [-0.1, -0.05) is 32.3 Å². The lowest BCUT2D eigenvalue weighted by Gasteiger charge is -1.96. The van der Waals surface area contributed by atoms with Gasteiger partial charge in [-0.05, 0) is 40.9 Å². The van der Waals surface area contributed by atoms with Gasteiger partial charge in [0.15, 0.2) is 0 Å². The average molecular weight is 280 g/mol. The molecule has 1 rings (SSSR count). The van der Waals surface area contributed by atoms with E-state index in [0.29, 0.717) is 0 Å². The number of halogens is 1. The number of pyridine rings is 1. The van der Waals surface area contributed by atoms with Crippen molar-refractivity contribution in [1.29, 1.82) is 0 Å². The third kappa shape index (κ3) is 5.89. The Bertz CT molecular complexity index is 350. The Labute approximate surface area is 106 Å². The average Bonchev–Trinajstić information content (AvgIpc) is 2.33. The smallest absolute Gasteiger partial charge is 0.0368 e. The normalized spacial score (nSPS) is 9.62. The summed E-state index contributed by atoms with van der Waals surface area (Å²) in [5, 5.41) is 0. The van der Waals surface area contributed by atoms with Crippen molar-refractivity contribution < 1.29 is 0 Å². The molecule has 1 heterocycles. The van der Waals surface area contributed by atoms with Crippen molar-refractivity contribution in [3.8, 4) is 0 Å². The molecule has 86 valence electrons. The summed E-state index contributed by atoms with van der Waals surface area (Å²) in [5.74, 6) is 0. The van der Waals surface area contributed by atoms with Crippen LogP contribution < -0.4 is 0 Å². The molecule has 0 unspecified atom stereocenters. The number of allylic oxidation sites excluding steroid dienone is 1. The first-order chi connectivity index (χ1) is 7.83. The molecule has 0 aliphatic rings. The van der Waals surface area contributed by atoms with Gasteiger partial charge < -0.3 is 0 Å². The standard InChI is InChI=1S/C14H18BrN/c1-2-3-4-5-8-14(15)10-9-13-7-6-11-16-12-13/h6-7,9,11-12H,2-5,8H2,1H3. The van der Waals surface area contributed by atoms with E-state index in [2.05, 4.69) is 33.6 Å². The van der Waals surface area contributed by atoms with Crippen molar-refractivity contribution in [1.82, 2.24) is 4.98 Å². The molecule has 0 spiro atoms. The molecule has 0 aliphatic carbocycles. The highest BCUT2D eigenvalue weighted by atomic mass is 79.9. The molecule has 0 fully saturated rings. The van der Waals surface area contributed by atoms with Crippen LogP contribution in [-0.2, 0) is 0 Å². The van der Waals surface area contributed by atoms with E-state index in [9.17, 15) is 0 Å². The SMILES string of the molecule is CCCCCCC(Br)=C=Cc1cccnc1. The van der Waals surface area contributed by atoms with E-state index in [0.717, 1.165) is 16.5 Å². The Balaban J connectivity index is 2.40. The Morgan fingerprint density at radius 3 is 3.00 bits per heavy atom. The van der Waals surface area contributed by atoms with Crippen molar-refractivity contribution in [2.24, 2.45) is 0 Å². The molecule has 16 heavy (non-hydrogen) atoms. The molecule has 0 atom stereocenters. The summed E-state index contributed by atoms with van der Waals surface area (Å²) >= 11 is 3.54. The van der Waals surface area contributed by atoms with E-state index in [4.69, 9.17) is 0 Å². The maximum atomic E-state index is 4.05. The second kappa shape index (κ2) is 8.32. The van der Waals surface area contributed by atoms with Crippen LogP contribution >= 0.6 is 15.9 Å². The van der Waals surface area contributed by atoms with E-state index in [1.165, 1.54) is 25.7 Å². The predicted molar refractivity (Wildman–Crippen MR) is 73.4 cm³/mol.